The van der Waals surface area contributed by atoms with Crippen molar-refractivity contribution < 1.29 is 4.79 Å². The number of carbonyl (C=O) groups excluding carboxylic acids is 1. The van der Waals surface area contributed by atoms with Crippen LogP contribution in [0.4, 0.5) is 0 Å². The number of nitrogens with one attached hydrogen (secondary N) is 1. The van der Waals surface area contributed by atoms with Crippen LogP contribution in [-0.4, -0.2) is 51.5 Å². The molecule has 2 heterocycles. The number of hydrogen-bond donors (Lipinski definition) is 1. The molecule has 4 rings (SSSR count). The lowest BCUT2D eigenvalue weighted by molar-refractivity contribution is -0.123. The highest BCUT2D eigenvalue weighted by Crippen LogP contribution is 2.26. The summed E-state index contributed by atoms with van der Waals surface area (Å²) in [7, 11) is 0. The monoisotopic (exact) mass is 369 g/mol. The molecule has 1 aliphatic carbocycles. The first kappa shape index (κ1) is 18.1. The Morgan fingerprint density at radius 1 is 1.11 bits per heavy atom. The molecule has 0 radical (unpaired) electrons. The van der Waals surface area contributed by atoms with Gasteiger partial charge in [0.2, 0.25) is 5.91 Å². The zero-order valence-electron chi connectivity index (χ0n) is 15.6. The van der Waals surface area contributed by atoms with Crippen molar-refractivity contribution in [1.82, 2.24) is 25.2 Å². The van der Waals surface area contributed by atoms with E-state index in [4.69, 9.17) is 0 Å². The van der Waals surface area contributed by atoms with Gasteiger partial charge in [0.1, 0.15) is 12.1 Å². The summed E-state index contributed by atoms with van der Waals surface area (Å²) in [5, 5.41) is 11.5. The molecule has 0 bridgehead atoms. The van der Waals surface area contributed by atoms with Gasteiger partial charge in [-0.05, 0) is 43.7 Å². The third kappa shape index (κ3) is 4.35. The van der Waals surface area contributed by atoms with Crippen LogP contribution in [0.3, 0.4) is 0 Å². The average Bonchev–Trinajstić information content (AvgIpc) is 3.19. The maximum Gasteiger partial charge on any atom is 0.278 e. The molecule has 1 N–H and O–H groups in total. The molecule has 1 saturated heterocycles. The van der Waals surface area contributed by atoms with Gasteiger partial charge >= 0.3 is 0 Å². The van der Waals surface area contributed by atoms with E-state index in [9.17, 15) is 9.59 Å². The minimum atomic E-state index is -0.276. The second-order valence-corrected chi connectivity index (χ2v) is 7.86. The number of likely N-dealkylation sites (tertiary alicyclic amines) is 1. The first-order valence-electron chi connectivity index (χ1n) is 10.0. The molecule has 27 heavy (non-hydrogen) atoms. The molecule has 0 unspecified atom stereocenters. The molecule has 1 aromatic heterocycles. The van der Waals surface area contributed by atoms with Crippen molar-refractivity contribution in [3.63, 3.8) is 0 Å². The number of carbonyl (C=O) groups is 1. The van der Waals surface area contributed by atoms with E-state index in [1.54, 1.807) is 18.2 Å². The van der Waals surface area contributed by atoms with Gasteiger partial charge in [-0.15, -0.1) is 5.10 Å². The SMILES string of the molecule is O=C(Cn1nnc2ccccc2c1=O)NC1CCN(CC2CCCC2)CC1. The fourth-order valence-electron chi connectivity index (χ4n) is 4.35. The summed E-state index contributed by atoms with van der Waals surface area (Å²) in [6.07, 6.45) is 7.45. The minimum Gasteiger partial charge on any atom is -0.352 e. The Morgan fingerprint density at radius 3 is 2.63 bits per heavy atom. The van der Waals surface area contributed by atoms with Crippen LogP contribution >= 0.6 is 0 Å². The van der Waals surface area contributed by atoms with Crippen molar-refractivity contribution in [3.8, 4) is 0 Å². The smallest absolute Gasteiger partial charge is 0.278 e. The third-order valence-electron chi connectivity index (χ3n) is 5.87. The van der Waals surface area contributed by atoms with Crippen LogP contribution in [0.1, 0.15) is 38.5 Å². The van der Waals surface area contributed by atoms with Gasteiger partial charge in [0.15, 0.2) is 0 Å². The predicted molar refractivity (Wildman–Crippen MR) is 103 cm³/mol. The lowest BCUT2D eigenvalue weighted by Crippen LogP contribution is -2.47. The summed E-state index contributed by atoms with van der Waals surface area (Å²) in [5.41, 5.74) is 0.274. The van der Waals surface area contributed by atoms with E-state index in [1.165, 1.54) is 32.2 Å². The second kappa shape index (κ2) is 8.17. The number of fused-ring (bicyclic) bond motifs is 1. The summed E-state index contributed by atoms with van der Waals surface area (Å²) < 4.78 is 1.15. The molecule has 0 atom stereocenters. The molecular formula is C20H27N5O2. The summed E-state index contributed by atoms with van der Waals surface area (Å²) in [5.74, 6) is 0.699. The van der Waals surface area contributed by atoms with Crippen LogP contribution in [0.15, 0.2) is 29.1 Å². The van der Waals surface area contributed by atoms with Gasteiger partial charge in [0, 0.05) is 25.7 Å². The van der Waals surface area contributed by atoms with Crippen LogP contribution < -0.4 is 10.9 Å². The number of benzene rings is 1. The fourth-order valence-corrected chi connectivity index (χ4v) is 4.35. The minimum absolute atomic E-state index is 0.0844. The number of aromatic nitrogens is 3. The van der Waals surface area contributed by atoms with E-state index in [0.717, 1.165) is 36.5 Å². The maximum atomic E-state index is 12.4. The summed E-state index contributed by atoms with van der Waals surface area (Å²) >= 11 is 0. The number of amides is 1. The molecule has 1 aliphatic heterocycles. The zero-order chi connectivity index (χ0) is 18.6. The van der Waals surface area contributed by atoms with Crippen LogP contribution in [0.2, 0.25) is 0 Å². The van der Waals surface area contributed by atoms with Gasteiger partial charge in [-0.2, -0.15) is 0 Å². The largest absolute Gasteiger partial charge is 0.352 e. The number of rotatable bonds is 5. The Hall–Kier alpha value is -2.28. The van der Waals surface area contributed by atoms with Gasteiger partial charge in [0.05, 0.1) is 5.39 Å². The number of nitrogens with zero attached hydrogens (tertiary/aromatic N) is 4. The lowest BCUT2D eigenvalue weighted by Gasteiger charge is -2.33. The van der Waals surface area contributed by atoms with E-state index in [2.05, 4.69) is 20.5 Å². The van der Waals surface area contributed by atoms with Crippen molar-refractivity contribution in [3.05, 3.63) is 34.6 Å². The van der Waals surface area contributed by atoms with E-state index < -0.39 is 0 Å². The van der Waals surface area contributed by atoms with E-state index in [1.807, 2.05) is 6.07 Å². The third-order valence-corrected chi connectivity index (χ3v) is 5.87. The highest BCUT2D eigenvalue weighted by atomic mass is 16.2. The van der Waals surface area contributed by atoms with Crippen molar-refractivity contribution in [1.29, 1.82) is 0 Å². The second-order valence-electron chi connectivity index (χ2n) is 7.86. The van der Waals surface area contributed by atoms with Gasteiger partial charge in [-0.1, -0.05) is 30.2 Å². The standard InChI is InChI=1S/C20H27N5O2/c26-19(14-25-20(27)17-7-3-4-8-18(17)22-23-25)21-16-9-11-24(12-10-16)13-15-5-1-2-6-15/h3-4,7-8,15-16H,1-2,5-6,9-14H2,(H,21,26). The highest BCUT2D eigenvalue weighted by molar-refractivity contribution is 5.78. The van der Waals surface area contributed by atoms with Crippen LogP contribution in [-0.2, 0) is 11.3 Å². The van der Waals surface area contributed by atoms with Crippen LogP contribution in [0, 0.1) is 5.92 Å². The van der Waals surface area contributed by atoms with Crippen molar-refractivity contribution in [2.24, 2.45) is 5.92 Å². The molecular weight excluding hydrogens is 342 g/mol. The van der Waals surface area contributed by atoms with Crippen molar-refractivity contribution in [2.45, 2.75) is 51.1 Å². The Bertz CT molecular complexity index is 851. The molecule has 2 fully saturated rings. The average molecular weight is 369 g/mol. The van der Waals surface area contributed by atoms with Gasteiger partial charge in [-0.3, -0.25) is 9.59 Å². The highest BCUT2D eigenvalue weighted by Gasteiger charge is 2.24. The molecule has 2 aliphatic rings. The quantitative estimate of drug-likeness (QED) is 0.865. The summed E-state index contributed by atoms with van der Waals surface area (Å²) in [6, 6.07) is 7.23. The lowest BCUT2D eigenvalue weighted by atomic mass is 10.0. The van der Waals surface area contributed by atoms with Crippen molar-refractivity contribution in [2.75, 3.05) is 19.6 Å². The Balaban J connectivity index is 1.29. The number of hydrogen-bond acceptors (Lipinski definition) is 5. The van der Waals surface area contributed by atoms with E-state index in [0.29, 0.717) is 10.9 Å². The van der Waals surface area contributed by atoms with Gasteiger partial charge in [0.25, 0.3) is 5.56 Å². The number of piperidine rings is 1. The molecule has 144 valence electrons. The normalized spacial score (nSPS) is 19.6. The molecule has 7 heteroatoms. The topological polar surface area (TPSA) is 80.1 Å². The molecule has 1 amide bonds. The van der Waals surface area contributed by atoms with Gasteiger partial charge < -0.3 is 10.2 Å². The summed E-state index contributed by atoms with van der Waals surface area (Å²) in [6.45, 7) is 3.20. The predicted octanol–water partition coefficient (Wildman–Crippen LogP) is 1.56. The zero-order valence-corrected chi connectivity index (χ0v) is 15.6. The Labute approximate surface area is 158 Å². The van der Waals surface area contributed by atoms with Crippen molar-refractivity contribution >= 4 is 16.8 Å². The molecule has 7 nitrogen and oxygen atoms in total. The first-order chi connectivity index (χ1) is 13.2. The maximum absolute atomic E-state index is 12.4. The van der Waals surface area contributed by atoms with Crippen LogP contribution in [0.25, 0.3) is 10.9 Å². The van der Waals surface area contributed by atoms with Gasteiger partial charge in [-0.25, -0.2) is 4.68 Å². The molecule has 1 saturated carbocycles. The Kier molecular flexibility index (Phi) is 5.48. The summed E-state index contributed by atoms with van der Waals surface area (Å²) in [4.78, 5) is 27.4. The van der Waals surface area contributed by atoms with E-state index >= 15 is 0 Å². The van der Waals surface area contributed by atoms with E-state index in [-0.39, 0.29) is 24.1 Å². The Morgan fingerprint density at radius 2 is 1.85 bits per heavy atom. The molecule has 2 aromatic rings. The molecule has 1 aromatic carbocycles. The van der Waals surface area contributed by atoms with Crippen LogP contribution in [0.5, 0.6) is 0 Å². The first-order valence-corrected chi connectivity index (χ1v) is 10.0. The molecule has 0 spiro atoms. The fraction of sp³-hybridized carbons (Fsp3) is 0.600.